The highest BCUT2D eigenvalue weighted by Crippen LogP contribution is 2.42. The predicted molar refractivity (Wildman–Crippen MR) is 127 cm³/mol. The van der Waals surface area contributed by atoms with Crippen LogP contribution in [0.25, 0.3) is 0 Å². The smallest absolute Gasteiger partial charge is 0.162 e. The molecule has 1 heterocycles. The van der Waals surface area contributed by atoms with Gasteiger partial charge in [0.2, 0.25) is 0 Å². The van der Waals surface area contributed by atoms with Gasteiger partial charge in [-0.15, -0.1) is 0 Å². The minimum Gasteiger partial charge on any atom is -0.365 e. The van der Waals surface area contributed by atoms with Gasteiger partial charge < -0.3 is 4.74 Å². The molecule has 2 aliphatic rings. The monoisotopic (exact) mass is 428 g/mol. The van der Waals surface area contributed by atoms with E-state index in [2.05, 4.69) is 38.1 Å². The maximum Gasteiger partial charge on any atom is 0.162 e. The second-order valence-electron chi connectivity index (χ2n) is 9.09. The van der Waals surface area contributed by atoms with E-state index in [1.807, 2.05) is 42.5 Å². The fourth-order valence-electron chi connectivity index (χ4n) is 5.06. The molecule has 0 radical (unpaired) electrons. The van der Waals surface area contributed by atoms with E-state index in [1.165, 1.54) is 11.1 Å². The number of Topliss-reactive ketones (excluding diaryl/α,β-unsaturated/α-hetero) is 2. The average molecular weight is 429 g/mol. The van der Waals surface area contributed by atoms with Crippen molar-refractivity contribution in [2.45, 2.75) is 52.1 Å². The molecule has 2 aromatic carbocycles. The van der Waals surface area contributed by atoms with Gasteiger partial charge in [0.05, 0.1) is 6.10 Å². The van der Waals surface area contributed by atoms with Crippen molar-refractivity contribution in [2.75, 3.05) is 6.61 Å². The molecule has 3 nitrogen and oxygen atoms in total. The molecule has 4 rings (SSSR count). The summed E-state index contributed by atoms with van der Waals surface area (Å²) in [5.74, 6) is 0.616. The number of rotatable bonds is 8. The van der Waals surface area contributed by atoms with E-state index < -0.39 is 0 Å². The summed E-state index contributed by atoms with van der Waals surface area (Å²) in [6.07, 6.45) is 7.86. The van der Waals surface area contributed by atoms with Crippen molar-refractivity contribution in [1.82, 2.24) is 0 Å². The molecule has 0 spiro atoms. The summed E-state index contributed by atoms with van der Waals surface area (Å²) >= 11 is 0. The Morgan fingerprint density at radius 1 is 1.00 bits per heavy atom. The van der Waals surface area contributed by atoms with Gasteiger partial charge in [-0.2, -0.15) is 0 Å². The highest BCUT2D eigenvalue weighted by Gasteiger charge is 2.39. The number of allylic oxidation sites excluding steroid dienone is 4. The molecule has 0 amide bonds. The van der Waals surface area contributed by atoms with Gasteiger partial charge in [0.15, 0.2) is 5.78 Å². The standard InChI is InChI=1S/C29H32O3/c1-3-26-27(18-24-11-7-8-20(24)2)28(31)19-32-29(26)23-14-12-22(13-15-23)17-25(30)16-21-9-5-4-6-10-21/h4-10,12-15,26-27,29H,3,11,16-19H2,1-2H3/t26-,27?,29+/m0/s1. The normalized spacial score (nSPS) is 23.1. The lowest BCUT2D eigenvalue weighted by atomic mass is 9.75. The molecule has 0 bridgehead atoms. The second kappa shape index (κ2) is 10.2. The van der Waals surface area contributed by atoms with Crippen molar-refractivity contribution >= 4 is 11.6 Å². The maximum atomic E-state index is 12.8. The zero-order valence-corrected chi connectivity index (χ0v) is 19.1. The van der Waals surface area contributed by atoms with Crippen LogP contribution in [0.4, 0.5) is 0 Å². The molecule has 1 aliphatic carbocycles. The maximum absolute atomic E-state index is 12.8. The average Bonchev–Trinajstić information content (AvgIpc) is 3.20. The number of hydrogen-bond acceptors (Lipinski definition) is 3. The van der Waals surface area contributed by atoms with E-state index in [-0.39, 0.29) is 36.1 Å². The van der Waals surface area contributed by atoms with Crippen molar-refractivity contribution in [3.05, 3.63) is 94.6 Å². The van der Waals surface area contributed by atoms with Crippen molar-refractivity contribution in [3.63, 3.8) is 0 Å². The van der Waals surface area contributed by atoms with E-state index in [4.69, 9.17) is 4.74 Å². The molecule has 2 aromatic rings. The molecule has 0 N–H and O–H groups in total. The Bertz CT molecular complexity index is 1010. The van der Waals surface area contributed by atoms with Gasteiger partial charge in [-0.25, -0.2) is 0 Å². The number of carbonyl (C=O) groups excluding carboxylic acids is 2. The Kier molecular flexibility index (Phi) is 7.16. The first-order chi connectivity index (χ1) is 15.5. The first-order valence-corrected chi connectivity index (χ1v) is 11.7. The fraction of sp³-hybridized carbons (Fsp3) is 0.379. The van der Waals surface area contributed by atoms with E-state index in [1.54, 1.807) is 0 Å². The highest BCUT2D eigenvalue weighted by molar-refractivity contribution is 5.84. The highest BCUT2D eigenvalue weighted by atomic mass is 16.5. The Hall–Kier alpha value is -2.78. The Morgan fingerprint density at radius 3 is 2.31 bits per heavy atom. The third-order valence-electron chi connectivity index (χ3n) is 6.91. The zero-order chi connectivity index (χ0) is 22.5. The Morgan fingerprint density at radius 2 is 1.69 bits per heavy atom. The molecule has 0 saturated carbocycles. The van der Waals surface area contributed by atoms with Gasteiger partial charge in [-0.05, 0) is 48.8 Å². The summed E-state index contributed by atoms with van der Waals surface area (Å²) in [5.41, 5.74) is 5.86. The van der Waals surface area contributed by atoms with Crippen molar-refractivity contribution in [3.8, 4) is 0 Å². The molecule has 1 unspecified atom stereocenters. The number of ketones is 2. The molecular formula is C29H32O3. The molecule has 1 aliphatic heterocycles. The summed E-state index contributed by atoms with van der Waals surface area (Å²) in [6, 6.07) is 18.1. The molecule has 3 atom stereocenters. The third-order valence-corrected chi connectivity index (χ3v) is 6.91. The van der Waals surface area contributed by atoms with Gasteiger partial charge in [0.25, 0.3) is 0 Å². The summed E-state index contributed by atoms with van der Waals surface area (Å²) in [7, 11) is 0. The van der Waals surface area contributed by atoms with Gasteiger partial charge in [0, 0.05) is 18.8 Å². The number of benzene rings is 2. The lowest BCUT2D eigenvalue weighted by Crippen LogP contribution is -2.38. The molecular weight excluding hydrogens is 396 g/mol. The summed E-state index contributed by atoms with van der Waals surface area (Å²) < 4.78 is 6.05. The van der Waals surface area contributed by atoms with Crippen LogP contribution in [0, 0.1) is 11.8 Å². The van der Waals surface area contributed by atoms with E-state index in [0.717, 1.165) is 36.0 Å². The zero-order valence-electron chi connectivity index (χ0n) is 19.1. The Balaban J connectivity index is 1.43. The van der Waals surface area contributed by atoms with Crippen LogP contribution in [0.15, 0.2) is 77.9 Å². The topological polar surface area (TPSA) is 43.4 Å². The molecule has 1 saturated heterocycles. The SMILES string of the molecule is CC[C@H]1C(CC2=C(C)C=CC2)C(=O)CO[C@@H]1c1ccc(CC(=O)Cc2ccccc2)cc1. The molecule has 0 aromatic heterocycles. The van der Waals surface area contributed by atoms with Gasteiger partial charge in [-0.1, -0.05) is 84.8 Å². The summed E-state index contributed by atoms with van der Waals surface area (Å²) in [6.45, 7) is 4.47. The molecule has 166 valence electrons. The lowest BCUT2D eigenvalue weighted by Gasteiger charge is -2.37. The summed E-state index contributed by atoms with van der Waals surface area (Å²) in [5, 5.41) is 0. The van der Waals surface area contributed by atoms with Crippen LogP contribution in [0.3, 0.4) is 0 Å². The van der Waals surface area contributed by atoms with Crippen LogP contribution in [0.5, 0.6) is 0 Å². The molecule has 1 fully saturated rings. The van der Waals surface area contributed by atoms with Crippen molar-refractivity contribution in [2.24, 2.45) is 11.8 Å². The van der Waals surface area contributed by atoms with Crippen LogP contribution in [0.2, 0.25) is 0 Å². The van der Waals surface area contributed by atoms with Gasteiger partial charge in [-0.3, -0.25) is 9.59 Å². The van der Waals surface area contributed by atoms with E-state index >= 15 is 0 Å². The minimum atomic E-state index is -0.0768. The number of carbonyl (C=O) groups is 2. The van der Waals surface area contributed by atoms with Crippen LogP contribution < -0.4 is 0 Å². The lowest BCUT2D eigenvalue weighted by molar-refractivity contribution is -0.145. The number of hydrogen-bond donors (Lipinski definition) is 0. The summed E-state index contributed by atoms with van der Waals surface area (Å²) in [4.78, 5) is 25.2. The van der Waals surface area contributed by atoms with Crippen LogP contribution in [0.1, 0.15) is 55.9 Å². The largest absolute Gasteiger partial charge is 0.365 e. The minimum absolute atomic E-state index is 0.00993. The first kappa shape index (κ1) is 22.4. The number of ether oxygens (including phenoxy) is 1. The fourth-order valence-corrected chi connectivity index (χ4v) is 5.06. The van der Waals surface area contributed by atoms with Crippen molar-refractivity contribution < 1.29 is 14.3 Å². The van der Waals surface area contributed by atoms with E-state index in [9.17, 15) is 9.59 Å². The van der Waals surface area contributed by atoms with Gasteiger partial charge >= 0.3 is 0 Å². The van der Waals surface area contributed by atoms with Crippen LogP contribution in [-0.4, -0.2) is 18.2 Å². The van der Waals surface area contributed by atoms with Crippen molar-refractivity contribution in [1.29, 1.82) is 0 Å². The van der Waals surface area contributed by atoms with Gasteiger partial charge in [0.1, 0.15) is 12.4 Å². The molecule has 3 heteroatoms. The second-order valence-corrected chi connectivity index (χ2v) is 9.09. The van der Waals surface area contributed by atoms with E-state index in [0.29, 0.717) is 12.8 Å². The molecule has 32 heavy (non-hydrogen) atoms. The quantitative estimate of drug-likeness (QED) is 0.519. The first-order valence-electron chi connectivity index (χ1n) is 11.7. The van der Waals surface area contributed by atoms with Crippen LogP contribution in [-0.2, 0) is 27.2 Å². The van der Waals surface area contributed by atoms with Crippen LogP contribution >= 0.6 is 0 Å². The Labute approximate surface area is 191 Å². The predicted octanol–water partition coefficient (Wildman–Crippen LogP) is 5.99. The third kappa shape index (κ3) is 5.16.